The van der Waals surface area contributed by atoms with E-state index < -0.39 is 6.09 Å². The van der Waals surface area contributed by atoms with E-state index in [1.807, 2.05) is 60.7 Å². The summed E-state index contributed by atoms with van der Waals surface area (Å²) in [6, 6.07) is 23.6. The standard InChI is InChI=1S/C25H25N3O3/c29-25(30-18-21-11-13-26-14-12-21)27-23(16-20-9-5-2-6-10-20)24-17-22(28-31-24)15-19-7-3-1-4-8-19/h1-14,23-24H,15-18H2,(H,27,29). The maximum atomic E-state index is 12.5. The second-order valence-electron chi connectivity index (χ2n) is 7.54. The van der Waals surface area contributed by atoms with Crippen LogP contribution in [0, 0.1) is 0 Å². The molecule has 31 heavy (non-hydrogen) atoms. The average Bonchev–Trinajstić information content (AvgIpc) is 3.28. The number of carbonyl (C=O) groups is 1. The van der Waals surface area contributed by atoms with Gasteiger partial charge in [0.25, 0.3) is 0 Å². The lowest BCUT2D eigenvalue weighted by Gasteiger charge is -2.23. The topological polar surface area (TPSA) is 72.8 Å². The molecule has 1 aliphatic heterocycles. The fourth-order valence-electron chi connectivity index (χ4n) is 3.57. The van der Waals surface area contributed by atoms with E-state index in [1.54, 1.807) is 12.4 Å². The van der Waals surface area contributed by atoms with Crippen LogP contribution >= 0.6 is 0 Å². The molecule has 1 aromatic heterocycles. The summed E-state index contributed by atoms with van der Waals surface area (Å²) in [4.78, 5) is 22.2. The van der Waals surface area contributed by atoms with Crippen molar-refractivity contribution in [2.24, 2.45) is 5.16 Å². The van der Waals surface area contributed by atoms with Crippen LogP contribution in [0.2, 0.25) is 0 Å². The van der Waals surface area contributed by atoms with Crippen molar-refractivity contribution < 1.29 is 14.4 Å². The summed E-state index contributed by atoms with van der Waals surface area (Å²) in [5.41, 5.74) is 4.16. The first-order valence-electron chi connectivity index (χ1n) is 10.4. The van der Waals surface area contributed by atoms with Crippen molar-refractivity contribution in [3.05, 3.63) is 102 Å². The van der Waals surface area contributed by atoms with Gasteiger partial charge in [0.1, 0.15) is 6.61 Å². The Hall–Kier alpha value is -3.67. The molecule has 0 radical (unpaired) electrons. The van der Waals surface area contributed by atoms with Crippen molar-refractivity contribution in [1.82, 2.24) is 10.3 Å². The Kier molecular flexibility index (Phi) is 6.90. The number of rotatable bonds is 8. The predicted octanol–water partition coefficient (Wildman–Crippen LogP) is 4.31. The second-order valence-corrected chi connectivity index (χ2v) is 7.54. The molecule has 6 nitrogen and oxygen atoms in total. The van der Waals surface area contributed by atoms with Crippen LogP contribution in [-0.4, -0.2) is 28.9 Å². The van der Waals surface area contributed by atoms with Crippen LogP contribution in [0.3, 0.4) is 0 Å². The van der Waals surface area contributed by atoms with Crippen molar-refractivity contribution >= 4 is 11.8 Å². The van der Waals surface area contributed by atoms with Crippen LogP contribution in [0.15, 0.2) is 90.3 Å². The van der Waals surface area contributed by atoms with Gasteiger partial charge in [-0.15, -0.1) is 0 Å². The van der Waals surface area contributed by atoms with Crippen LogP contribution in [0.5, 0.6) is 0 Å². The summed E-state index contributed by atoms with van der Waals surface area (Å²) in [7, 11) is 0. The first-order valence-corrected chi connectivity index (χ1v) is 10.4. The summed E-state index contributed by atoms with van der Waals surface area (Å²) in [6.07, 6.45) is 4.66. The fourth-order valence-corrected chi connectivity index (χ4v) is 3.57. The number of amides is 1. The predicted molar refractivity (Wildman–Crippen MR) is 119 cm³/mol. The van der Waals surface area contributed by atoms with E-state index in [2.05, 4.69) is 27.6 Å². The minimum absolute atomic E-state index is 0.188. The van der Waals surface area contributed by atoms with Crippen LogP contribution in [0.25, 0.3) is 0 Å². The van der Waals surface area contributed by atoms with Gasteiger partial charge in [-0.25, -0.2) is 4.79 Å². The van der Waals surface area contributed by atoms with Crippen LogP contribution in [0.1, 0.15) is 23.1 Å². The van der Waals surface area contributed by atoms with Crippen molar-refractivity contribution in [2.45, 2.75) is 38.0 Å². The molecule has 0 spiro atoms. The Morgan fingerprint density at radius 3 is 2.35 bits per heavy atom. The molecule has 158 valence electrons. The minimum atomic E-state index is -0.474. The van der Waals surface area contributed by atoms with Gasteiger partial charge in [-0.1, -0.05) is 65.8 Å². The smallest absolute Gasteiger partial charge is 0.407 e. The van der Waals surface area contributed by atoms with Crippen LogP contribution in [0.4, 0.5) is 4.79 Å². The van der Waals surface area contributed by atoms with E-state index in [9.17, 15) is 4.79 Å². The zero-order chi connectivity index (χ0) is 21.3. The lowest BCUT2D eigenvalue weighted by Crippen LogP contribution is -2.45. The van der Waals surface area contributed by atoms with Gasteiger partial charge < -0.3 is 14.9 Å². The molecule has 0 saturated heterocycles. The van der Waals surface area contributed by atoms with Crippen molar-refractivity contribution in [3.8, 4) is 0 Å². The zero-order valence-electron chi connectivity index (χ0n) is 17.2. The summed E-state index contributed by atoms with van der Waals surface area (Å²) in [5.74, 6) is 0. The number of aromatic nitrogens is 1. The third kappa shape index (κ3) is 6.15. The van der Waals surface area contributed by atoms with Gasteiger partial charge in [0, 0.05) is 25.2 Å². The van der Waals surface area contributed by atoms with Gasteiger partial charge >= 0.3 is 6.09 Å². The highest BCUT2D eigenvalue weighted by molar-refractivity contribution is 5.87. The number of nitrogens with zero attached hydrogens (tertiary/aromatic N) is 2. The number of carbonyl (C=O) groups excluding carboxylic acids is 1. The SMILES string of the molecule is O=C(NC(Cc1ccccc1)C1CC(Cc2ccccc2)=NO1)OCc1ccncc1. The first kappa shape index (κ1) is 20.6. The van der Waals surface area contributed by atoms with Gasteiger partial charge in [-0.2, -0.15) is 0 Å². The summed E-state index contributed by atoms with van der Waals surface area (Å²) in [5, 5.41) is 7.28. The number of alkyl carbamates (subject to hydrolysis) is 1. The number of hydrogen-bond acceptors (Lipinski definition) is 5. The number of nitrogens with one attached hydrogen (secondary N) is 1. The maximum absolute atomic E-state index is 12.5. The van der Waals surface area contributed by atoms with E-state index in [1.165, 1.54) is 5.56 Å². The van der Waals surface area contributed by atoms with Crippen molar-refractivity contribution in [1.29, 1.82) is 0 Å². The zero-order valence-corrected chi connectivity index (χ0v) is 17.2. The van der Waals surface area contributed by atoms with E-state index in [0.29, 0.717) is 12.8 Å². The van der Waals surface area contributed by atoms with Gasteiger partial charge in [0.2, 0.25) is 0 Å². The molecule has 2 unspecified atom stereocenters. The molecule has 6 heteroatoms. The van der Waals surface area contributed by atoms with E-state index in [0.717, 1.165) is 23.3 Å². The number of pyridine rings is 1. The molecular weight excluding hydrogens is 390 g/mol. The quantitative estimate of drug-likeness (QED) is 0.595. The number of oxime groups is 1. The largest absolute Gasteiger partial charge is 0.445 e. The molecular formula is C25H25N3O3. The Labute approximate surface area is 181 Å². The highest BCUT2D eigenvalue weighted by Crippen LogP contribution is 2.20. The lowest BCUT2D eigenvalue weighted by atomic mass is 9.96. The lowest BCUT2D eigenvalue weighted by molar-refractivity contribution is 0.0509. The summed E-state index contributed by atoms with van der Waals surface area (Å²) in [6.45, 7) is 0.188. The Balaban J connectivity index is 1.38. The van der Waals surface area contributed by atoms with E-state index >= 15 is 0 Å². The van der Waals surface area contributed by atoms with Gasteiger partial charge in [-0.05, 0) is 35.2 Å². The first-order chi connectivity index (χ1) is 15.3. The normalized spacial score (nSPS) is 16.1. The molecule has 4 rings (SSSR count). The average molecular weight is 415 g/mol. The summed E-state index contributed by atoms with van der Waals surface area (Å²) < 4.78 is 5.41. The molecule has 2 aromatic carbocycles. The molecule has 0 fully saturated rings. The molecule has 0 bridgehead atoms. The molecule has 0 aliphatic carbocycles. The van der Waals surface area contributed by atoms with Gasteiger partial charge in [-0.3, -0.25) is 4.98 Å². The van der Waals surface area contributed by atoms with E-state index in [-0.39, 0.29) is 18.8 Å². The van der Waals surface area contributed by atoms with E-state index in [4.69, 9.17) is 9.57 Å². The second kappa shape index (κ2) is 10.4. The Morgan fingerprint density at radius 2 is 1.65 bits per heavy atom. The molecule has 1 amide bonds. The summed E-state index contributed by atoms with van der Waals surface area (Å²) >= 11 is 0. The molecule has 0 saturated carbocycles. The van der Waals surface area contributed by atoms with Crippen molar-refractivity contribution in [3.63, 3.8) is 0 Å². The molecule has 1 aliphatic rings. The highest BCUT2D eigenvalue weighted by Gasteiger charge is 2.31. The molecule has 2 heterocycles. The maximum Gasteiger partial charge on any atom is 0.407 e. The third-order valence-corrected chi connectivity index (χ3v) is 5.17. The Bertz CT molecular complexity index is 994. The van der Waals surface area contributed by atoms with Gasteiger partial charge in [0.05, 0.1) is 11.8 Å². The molecule has 2 atom stereocenters. The third-order valence-electron chi connectivity index (χ3n) is 5.17. The molecule has 1 N–H and O–H groups in total. The van der Waals surface area contributed by atoms with Crippen LogP contribution in [-0.2, 0) is 29.0 Å². The van der Waals surface area contributed by atoms with Crippen LogP contribution < -0.4 is 5.32 Å². The highest BCUT2D eigenvalue weighted by atomic mass is 16.6. The Morgan fingerprint density at radius 1 is 0.968 bits per heavy atom. The molecule has 3 aromatic rings. The van der Waals surface area contributed by atoms with Gasteiger partial charge in [0.15, 0.2) is 6.10 Å². The number of ether oxygens (including phenoxy) is 1. The minimum Gasteiger partial charge on any atom is -0.445 e. The number of hydrogen-bond donors (Lipinski definition) is 1. The number of benzene rings is 2. The monoisotopic (exact) mass is 415 g/mol. The van der Waals surface area contributed by atoms with Crippen molar-refractivity contribution in [2.75, 3.05) is 0 Å². The fraction of sp³-hybridized carbons (Fsp3) is 0.240.